The second kappa shape index (κ2) is 6.85. The first-order valence-corrected chi connectivity index (χ1v) is 6.13. The molecular weight excluding hydrogens is 266 g/mol. The summed E-state index contributed by atoms with van der Waals surface area (Å²) < 4.78 is 31.0. The van der Waals surface area contributed by atoms with Gasteiger partial charge in [-0.25, -0.2) is 8.78 Å². The van der Waals surface area contributed by atoms with Crippen LogP contribution in [0.3, 0.4) is 0 Å². The number of carbonyl (C=O) groups excluding carboxylic acids is 1. The van der Waals surface area contributed by atoms with Gasteiger partial charge in [-0.15, -0.1) is 0 Å². The minimum absolute atomic E-state index is 0.101. The number of hydrogen-bond donors (Lipinski definition) is 1. The molecule has 0 spiro atoms. The molecule has 0 saturated heterocycles. The van der Waals surface area contributed by atoms with E-state index in [-0.39, 0.29) is 17.2 Å². The molecule has 0 heterocycles. The third-order valence-corrected chi connectivity index (χ3v) is 2.66. The number of ether oxygens (including phenoxy) is 1. The quantitative estimate of drug-likeness (QED) is 0.871. The number of nitriles is 1. The normalized spacial score (nSPS) is 12.2. The second-order valence-corrected chi connectivity index (χ2v) is 4.80. The van der Waals surface area contributed by atoms with Gasteiger partial charge < -0.3 is 10.5 Å². The van der Waals surface area contributed by atoms with E-state index in [1.807, 2.05) is 13.8 Å². The fourth-order valence-electron chi connectivity index (χ4n) is 1.71. The monoisotopic (exact) mass is 282 g/mol. The Hall–Kier alpha value is -2.16. The van der Waals surface area contributed by atoms with E-state index >= 15 is 0 Å². The zero-order chi connectivity index (χ0) is 15.3. The van der Waals surface area contributed by atoms with Crippen LogP contribution in [0.5, 0.6) is 5.75 Å². The highest BCUT2D eigenvalue weighted by Crippen LogP contribution is 2.27. The number of primary amides is 1. The molecular formula is C14H16F2N2O2. The van der Waals surface area contributed by atoms with Crippen molar-refractivity contribution in [3.63, 3.8) is 0 Å². The van der Waals surface area contributed by atoms with Gasteiger partial charge >= 0.3 is 0 Å². The highest BCUT2D eigenvalue weighted by molar-refractivity contribution is 5.79. The molecule has 0 fully saturated rings. The van der Waals surface area contributed by atoms with Crippen molar-refractivity contribution in [2.75, 3.05) is 0 Å². The zero-order valence-electron chi connectivity index (χ0n) is 11.3. The SMILES string of the molecule is CC(C)CC(Oc1ccc(C#N)c(C(F)F)c1)C(N)=O. The van der Waals surface area contributed by atoms with E-state index in [0.29, 0.717) is 6.42 Å². The van der Waals surface area contributed by atoms with Gasteiger partial charge in [0.1, 0.15) is 5.75 Å². The van der Waals surface area contributed by atoms with E-state index in [2.05, 4.69) is 0 Å². The van der Waals surface area contributed by atoms with Crippen molar-refractivity contribution in [3.8, 4) is 11.8 Å². The highest BCUT2D eigenvalue weighted by atomic mass is 19.3. The summed E-state index contributed by atoms with van der Waals surface area (Å²) in [6, 6.07) is 5.37. The highest BCUT2D eigenvalue weighted by Gasteiger charge is 2.20. The van der Waals surface area contributed by atoms with Gasteiger partial charge in [0.15, 0.2) is 6.10 Å². The van der Waals surface area contributed by atoms with E-state index in [1.54, 1.807) is 6.07 Å². The van der Waals surface area contributed by atoms with E-state index in [1.165, 1.54) is 12.1 Å². The summed E-state index contributed by atoms with van der Waals surface area (Å²) in [5.74, 6) is -0.383. The van der Waals surface area contributed by atoms with Crippen molar-refractivity contribution in [1.29, 1.82) is 5.26 Å². The van der Waals surface area contributed by atoms with Crippen molar-refractivity contribution < 1.29 is 18.3 Å². The van der Waals surface area contributed by atoms with Gasteiger partial charge in [-0.1, -0.05) is 13.8 Å². The number of alkyl halides is 2. The van der Waals surface area contributed by atoms with Crippen LogP contribution in [-0.4, -0.2) is 12.0 Å². The summed E-state index contributed by atoms with van der Waals surface area (Å²) in [5.41, 5.74) is 4.68. The van der Waals surface area contributed by atoms with Crippen LogP contribution in [0, 0.1) is 17.2 Å². The summed E-state index contributed by atoms with van der Waals surface area (Å²) in [6.07, 6.45) is -3.28. The van der Waals surface area contributed by atoms with Gasteiger partial charge in [0.2, 0.25) is 0 Å². The van der Waals surface area contributed by atoms with Crippen molar-refractivity contribution in [1.82, 2.24) is 0 Å². The van der Waals surface area contributed by atoms with E-state index in [0.717, 1.165) is 6.07 Å². The Kier molecular flexibility index (Phi) is 5.44. The van der Waals surface area contributed by atoms with Crippen LogP contribution in [0.15, 0.2) is 18.2 Å². The molecule has 1 aromatic rings. The van der Waals surface area contributed by atoms with Gasteiger partial charge in [-0.2, -0.15) is 5.26 Å². The predicted molar refractivity (Wildman–Crippen MR) is 69.2 cm³/mol. The number of nitrogens with two attached hydrogens (primary N) is 1. The molecule has 1 aromatic carbocycles. The number of amides is 1. The topological polar surface area (TPSA) is 76.1 Å². The summed E-state index contributed by atoms with van der Waals surface area (Å²) in [6.45, 7) is 3.78. The average molecular weight is 282 g/mol. The number of hydrogen-bond acceptors (Lipinski definition) is 3. The Bertz CT molecular complexity index is 524. The molecule has 2 N–H and O–H groups in total. The van der Waals surface area contributed by atoms with Gasteiger partial charge in [0.05, 0.1) is 11.6 Å². The number of nitrogens with zero attached hydrogens (tertiary/aromatic N) is 1. The third kappa shape index (κ3) is 4.19. The minimum Gasteiger partial charge on any atom is -0.481 e. The van der Waals surface area contributed by atoms with Crippen LogP contribution < -0.4 is 10.5 Å². The van der Waals surface area contributed by atoms with E-state index in [4.69, 9.17) is 15.7 Å². The van der Waals surface area contributed by atoms with Gasteiger partial charge in [-0.05, 0) is 30.5 Å². The molecule has 0 aliphatic heterocycles. The van der Waals surface area contributed by atoms with Gasteiger partial charge in [0, 0.05) is 5.56 Å². The number of carbonyl (C=O) groups is 1. The molecule has 108 valence electrons. The summed E-state index contributed by atoms with van der Waals surface area (Å²) in [4.78, 5) is 11.3. The summed E-state index contributed by atoms with van der Waals surface area (Å²) in [7, 11) is 0. The molecule has 0 saturated carbocycles. The first kappa shape index (κ1) is 15.9. The molecule has 4 nitrogen and oxygen atoms in total. The molecule has 0 bridgehead atoms. The van der Waals surface area contributed by atoms with Gasteiger partial charge in [0.25, 0.3) is 12.3 Å². The lowest BCUT2D eigenvalue weighted by atomic mass is 10.1. The molecule has 1 rings (SSSR count). The Balaban J connectivity index is 2.99. The van der Waals surface area contributed by atoms with Crippen LogP contribution in [0.2, 0.25) is 0 Å². The standard InChI is InChI=1S/C14H16F2N2O2/c1-8(2)5-12(14(18)19)20-10-4-3-9(7-17)11(6-10)13(15)16/h3-4,6,8,12-13H,5H2,1-2H3,(H2,18,19). The Morgan fingerprint density at radius 3 is 2.55 bits per heavy atom. The maximum atomic E-state index is 12.8. The molecule has 0 aromatic heterocycles. The van der Waals surface area contributed by atoms with E-state index < -0.39 is 24.0 Å². The fraction of sp³-hybridized carbons (Fsp3) is 0.429. The Labute approximate surface area is 116 Å². The van der Waals surface area contributed by atoms with Crippen molar-refractivity contribution in [3.05, 3.63) is 29.3 Å². The Morgan fingerprint density at radius 2 is 2.10 bits per heavy atom. The number of halogens is 2. The molecule has 0 radical (unpaired) electrons. The van der Waals surface area contributed by atoms with Crippen LogP contribution >= 0.6 is 0 Å². The maximum Gasteiger partial charge on any atom is 0.265 e. The first-order valence-electron chi connectivity index (χ1n) is 6.13. The summed E-state index contributed by atoms with van der Waals surface area (Å²) >= 11 is 0. The number of rotatable bonds is 6. The Morgan fingerprint density at radius 1 is 1.45 bits per heavy atom. The van der Waals surface area contributed by atoms with Crippen molar-refractivity contribution >= 4 is 5.91 Å². The second-order valence-electron chi connectivity index (χ2n) is 4.80. The van der Waals surface area contributed by atoms with Gasteiger partial charge in [-0.3, -0.25) is 4.79 Å². The van der Waals surface area contributed by atoms with Crippen LogP contribution in [0.1, 0.15) is 37.8 Å². The minimum atomic E-state index is -2.79. The lowest BCUT2D eigenvalue weighted by Gasteiger charge is -2.18. The average Bonchev–Trinajstić information content (AvgIpc) is 2.37. The molecule has 1 unspecified atom stereocenters. The summed E-state index contributed by atoms with van der Waals surface area (Å²) in [5, 5.41) is 8.75. The van der Waals surface area contributed by atoms with Crippen LogP contribution in [0.25, 0.3) is 0 Å². The van der Waals surface area contributed by atoms with Crippen LogP contribution in [0.4, 0.5) is 8.78 Å². The lowest BCUT2D eigenvalue weighted by Crippen LogP contribution is -2.34. The molecule has 20 heavy (non-hydrogen) atoms. The zero-order valence-corrected chi connectivity index (χ0v) is 11.3. The molecule has 6 heteroatoms. The van der Waals surface area contributed by atoms with E-state index in [9.17, 15) is 13.6 Å². The molecule has 1 atom stereocenters. The third-order valence-electron chi connectivity index (χ3n) is 2.66. The molecule has 0 aliphatic carbocycles. The van der Waals surface area contributed by atoms with Crippen molar-refractivity contribution in [2.45, 2.75) is 32.8 Å². The lowest BCUT2D eigenvalue weighted by molar-refractivity contribution is -0.125. The van der Waals surface area contributed by atoms with Crippen LogP contribution in [-0.2, 0) is 4.79 Å². The predicted octanol–water partition coefficient (Wildman–Crippen LogP) is 2.77. The fourth-order valence-corrected chi connectivity index (χ4v) is 1.71. The molecule has 1 amide bonds. The molecule has 0 aliphatic rings. The first-order chi connectivity index (χ1) is 9.35. The van der Waals surface area contributed by atoms with Crippen molar-refractivity contribution in [2.24, 2.45) is 11.7 Å². The smallest absolute Gasteiger partial charge is 0.265 e. The maximum absolute atomic E-state index is 12.8. The number of benzene rings is 1. The largest absolute Gasteiger partial charge is 0.481 e.